The number of aromatic nitrogens is 1. The van der Waals surface area contributed by atoms with Gasteiger partial charge in [-0.25, -0.2) is 4.98 Å². The van der Waals surface area contributed by atoms with Crippen molar-refractivity contribution in [1.29, 1.82) is 0 Å². The molecule has 0 saturated heterocycles. The SMILES string of the molecule is CCC(CC)CNc1ncccc1CNC. The second-order valence-corrected chi connectivity index (χ2v) is 4.10. The summed E-state index contributed by atoms with van der Waals surface area (Å²) in [6, 6.07) is 4.09. The highest BCUT2D eigenvalue weighted by Crippen LogP contribution is 2.13. The van der Waals surface area contributed by atoms with Crippen LogP contribution in [0.25, 0.3) is 0 Å². The zero-order valence-electron chi connectivity index (χ0n) is 10.6. The van der Waals surface area contributed by atoms with E-state index in [0.717, 1.165) is 24.8 Å². The lowest BCUT2D eigenvalue weighted by molar-refractivity contribution is 0.518. The van der Waals surface area contributed by atoms with Crippen molar-refractivity contribution in [2.75, 3.05) is 18.9 Å². The van der Waals surface area contributed by atoms with Gasteiger partial charge in [-0.3, -0.25) is 0 Å². The first-order valence-electron chi connectivity index (χ1n) is 6.14. The highest BCUT2D eigenvalue weighted by atomic mass is 15.0. The molecule has 0 saturated carbocycles. The third kappa shape index (κ3) is 3.81. The summed E-state index contributed by atoms with van der Waals surface area (Å²) in [6.07, 6.45) is 4.28. The molecule has 1 aromatic rings. The van der Waals surface area contributed by atoms with Gasteiger partial charge in [-0.15, -0.1) is 0 Å². The number of hydrogen-bond donors (Lipinski definition) is 2. The lowest BCUT2D eigenvalue weighted by atomic mass is 10.0. The maximum absolute atomic E-state index is 4.39. The van der Waals surface area contributed by atoms with Crippen molar-refractivity contribution < 1.29 is 0 Å². The molecule has 0 radical (unpaired) electrons. The summed E-state index contributed by atoms with van der Waals surface area (Å²) in [5.74, 6) is 1.76. The summed E-state index contributed by atoms with van der Waals surface area (Å²) in [6.45, 7) is 6.35. The van der Waals surface area contributed by atoms with Crippen LogP contribution in [-0.2, 0) is 6.54 Å². The van der Waals surface area contributed by atoms with E-state index < -0.39 is 0 Å². The number of rotatable bonds is 7. The quantitative estimate of drug-likeness (QED) is 0.743. The molecule has 0 aliphatic heterocycles. The Hall–Kier alpha value is -1.09. The van der Waals surface area contributed by atoms with Crippen LogP contribution in [0.1, 0.15) is 32.3 Å². The first-order valence-corrected chi connectivity index (χ1v) is 6.14. The van der Waals surface area contributed by atoms with Gasteiger partial charge in [-0.2, -0.15) is 0 Å². The molecule has 3 heteroatoms. The van der Waals surface area contributed by atoms with E-state index in [1.165, 1.54) is 18.4 Å². The van der Waals surface area contributed by atoms with Crippen molar-refractivity contribution in [3.05, 3.63) is 23.9 Å². The summed E-state index contributed by atoms with van der Waals surface area (Å²) in [5.41, 5.74) is 1.23. The lowest BCUT2D eigenvalue weighted by Gasteiger charge is -2.15. The van der Waals surface area contributed by atoms with Crippen molar-refractivity contribution in [2.24, 2.45) is 5.92 Å². The van der Waals surface area contributed by atoms with Gasteiger partial charge in [0.1, 0.15) is 5.82 Å². The predicted octanol–water partition coefficient (Wildman–Crippen LogP) is 2.65. The number of anilines is 1. The summed E-state index contributed by atoms with van der Waals surface area (Å²) >= 11 is 0. The Morgan fingerprint density at radius 1 is 1.31 bits per heavy atom. The van der Waals surface area contributed by atoms with Crippen LogP contribution in [0.15, 0.2) is 18.3 Å². The van der Waals surface area contributed by atoms with Crippen LogP contribution < -0.4 is 10.6 Å². The van der Waals surface area contributed by atoms with Crippen molar-refractivity contribution in [1.82, 2.24) is 10.3 Å². The van der Waals surface area contributed by atoms with Crippen LogP contribution in [0, 0.1) is 5.92 Å². The van der Waals surface area contributed by atoms with Crippen LogP contribution in [0.2, 0.25) is 0 Å². The number of hydrogen-bond acceptors (Lipinski definition) is 3. The second kappa shape index (κ2) is 7.23. The largest absolute Gasteiger partial charge is 0.370 e. The molecule has 0 atom stereocenters. The van der Waals surface area contributed by atoms with Gasteiger partial charge in [-0.05, 0) is 19.0 Å². The maximum Gasteiger partial charge on any atom is 0.130 e. The molecule has 3 nitrogen and oxygen atoms in total. The third-order valence-electron chi connectivity index (χ3n) is 2.97. The fourth-order valence-corrected chi connectivity index (χ4v) is 1.75. The molecule has 0 aliphatic rings. The second-order valence-electron chi connectivity index (χ2n) is 4.10. The van der Waals surface area contributed by atoms with Gasteiger partial charge in [0.25, 0.3) is 0 Å². The normalized spacial score (nSPS) is 10.8. The van der Waals surface area contributed by atoms with Gasteiger partial charge in [0.05, 0.1) is 0 Å². The molecule has 0 aliphatic carbocycles. The summed E-state index contributed by atoms with van der Waals surface area (Å²) in [5, 5.41) is 6.61. The van der Waals surface area contributed by atoms with E-state index in [-0.39, 0.29) is 0 Å². The van der Waals surface area contributed by atoms with Gasteiger partial charge >= 0.3 is 0 Å². The fraction of sp³-hybridized carbons (Fsp3) is 0.615. The van der Waals surface area contributed by atoms with Gasteiger partial charge < -0.3 is 10.6 Å². The van der Waals surface area contributed by atoms with Gasteiger partial charge in [0.2, 0.25) is 0 Å². The molecule has 0 aromatic carbocycles. The van der Waals surface area contributed by atoms with E-state index in [1.54, 1.807) is 0 Å². The van der Waals surface area contributed by atoms with Gasteiger partial charge in [0, 0.05) is 24.8 Å². The van der Waals surface area contributed by atoms with E-state index in [2.05, 4.69) is 35.5 Å². The first-order chi connectivity index (χ1) is 7.81. The molecule has 1 heterocycles. The predicted molar refractivity (Wildman–Crippen MR) is 69.6 cm³/mol. The van der Waals surface area contributed by atoms with Crippen LogP contribution in [0.3, 0.4) is 0 Å². The topological polar surface area (TPSA) is 37.0 Å². The Kier molecular flexibility index (Phi) is 5.86. The molecule has 90 valence electrons. The van der Waals surface area contributed by atoms with Crippen molar-refractivity contribution in [3.63, 3.8) is 0 Å². The number of nitrogens with zero attached hydrogens (tertiary/aromatic N) is 1. The van der Waals surface area contributed by atoms with E-state index >= 15 is 0 Å². The van der Waals surface area contributed by atoms with E-state index in [1.807, 2.05) is 19.3 Å². The molecule has 0 bridgehead atoms. The zero-order chi connectivity index (χ0) is 11.8. The molecule has 1 aromatic heterocycles. The average molecular weight is 221 g/mol. The van der Waals surface area contributed by atoms with Crippen LogP contribution in [0.5, 0.6) is 0 Å². The van der Waals surface area contributed by atoms with Crippen molar-refractivity contribution in [2.45, 2.75) is 33.2 Å². The van der Waals surface area contributed by atoms with Crippen molar-refractivity contribution >= 4 is 5.82 Å². The molecule has 0 fully saturated rings. The zero-order valence-corrected chi connectivity index (χ0v) is 10.6. The van der Waals surface area contributed by atoms with E-state index in [0.29, 0.717) is 0 Å². The van der Waals surface area contributed by atoms with Crippen LogP contribution in [0.4, 0.5) is 5.82 Å². The smallest absolute Gasteiger partial charge is 0.130 e. The monoisotopic (exact) mass is 221 g/mol. The molecule has 2 N–H and O–H groups in total. The Labute approximate surface area is 98.7 Å². The molecule has 1 rings (SSSR count). The van der Waals surface area contributed by atoms with E-state index in [4.69, 9.17) is 0 Å². The molecule has 0 unspecified atom stereocenters. The van der Waals surface area contributed by atoms with Gasteiger partial charge in [0.15, 0.2) is 0 Å². The highest BCUT2D eigenvalue weighted by molar-refractivity contribution is 5.43. The van der Waals surface area contributed by atoms with Crippen LogP contribution >= 0.6 is 0 Å². The first kappa shape index (κ1) is 13.0. The minimum Gasteiger partial charge on any atom is -0.370 e. The Morgan fingerprint density at radius 3 is 2.69 bits per heavy atom. The molecule has 16 heavy (non-hydrogen) atoms. The Balaban J connectivity index is 2.58. The maximum atomic E-state index is 4.39. The standard InChI is InChI=1S/C13H23N3/c1-4-11(5-2)9-16-13-12(10-14-3)7-6-8-15-13/h6-8,11,14H,4-5,9-10H2,1-3H3,(H,15,16). The van der Waals surface area contributed by atoms with E-state index in [9.17, 15) is 0 Å². The number of pyridine rings is 1. The summed E-state index contributed by atoms with van der Waals surface area (Å²) in [4.78, 5) is 4.39. The molecule has 0 amide bonds. The number of nitrogens with one attached hydrogen (secondary N) is 2. The Morgan fingerprint density at radius 2 is 2.06 bits per heavy atom. The molecule has 0 spiro atoms. The average Bonchev–Trinajstić information content (AvgIpc) is 2.33. The molecular weight excluding hydrogens is 198 g/mol. The minimum absolute atomic E-state index is 0.740. The summed E-state index contributed by atoms with van der Waals surface area (Å²) < 4.78 is 0. The summed E-state index contributed by atoms with van der Waals surface area (Å²) in [7, 11) is 1.96. The van der Waals surface area contributed by atoms with Crippen LogP contribution in [-0.4, -0.2) is 18.6 Å². The fourth-order valence-electron chi connectivity index (χ4n) is 1.75. The molecular formula is C13H23N3. The van der Waals surface area contributed by atoms with Crippen molar-refractivity contribution in [3.8, 4) is 0 Å². The van der Waals surface area contributed by atoms with Gasteiger partial charge in [-0.1, -0.05) is 32.8 Å². The minimum atomic E-state index is 0.740. The Bertz CT molecular complexity index is 295. The lowest BCUT2D eigenvalue weighted by Crippen LogP contribution is -2.16. The third-order valence-corrected chi connectivity index (χ3v) is 2.97. The highest BCUT2D eigenvalue weighted by Gasteiger charge is 2.06.